The van der Waals surface area contributed by atoms with Crippen molar-refractivity contribution in [3.8, 4) is 0 Å². The summed E-state index contributed by atoms with van der Waals surface area (Å²) in [7, 11) is 0. The van der Waals surface area contributed by atoms with Gasteiger partial charge >= 0.3 is 12.1 Å². The predicted octanol–water partition coefficient (Wildman–Crippen LogP) is 0.501. The van der Waals surface area contributed by atoms with E-state index in [1.807, 2.05) is 0 Å². The van der Waals surface area contributed by atoms with E-state index < -0.39 is 43.4 Å². The molecule has 7 heteroatoms. The lowest BCUT2D eigenvalue weighted by Crippen LogP contribution is -2.40. The molecule has 5 nitrogen and oxygen atoms in total. The summed E-state index contributed by atoms with van der Waals surface area (Å²) < 4.78 is 25.5. The molecule has 14 heavy (non-hydrogen) atoms. The van der Waals surface area contributed by atoms with Gasteiger partial charge in [0.05, 0.1) is 6.54 Å². The summed E-state index contributed by atoms with van der Waals surface area (Å²) in [6, 6.07) is -1.49. The van der Waals surface area contributed by atoms with Crippen molar-refractivity contribution in [2.45, 2.75) is 18.1 Å². The third-order valence-electron chi connectivity index (χ3n) is 2.16. The Morgan fingerprint density at radius 3 is 2.36 bits per heavy atom. The number of carbonyl (C=O) groups is 2. The van der Waals surface area contributed by atoms with Crippen molar-refractivity contribution in [3.05, 3.63) is 0 Å². The van der Waals surface area contributed by atoms with E-state index in [2.05, 4.69) is 0 Å². The number of halogens is 2. The number of carboxylic acids is 1. The molecule has 1 aliphatic heterocycles. The van der Waals surface area contributed by atoms with Crippen molar-refractivity contribution < 1.29 is 28.6 Å². The second kappa shape index (κ2) is 3.39. The Hall–Kier alpha value is -1.40. The molecule has 0 aromatic heterocycles. The molecule has 1 saturated heterocycles. The smallest absolute Gasteiger partial charge is 0.408 e. The first-order valence-electron chi connectivity index (χ1n) is 3.87. The minimum absolute atomic E-state index is 0.405. The van der Waals surface area contributed by atoms with Crippen molar-refractivity contribution in [3.63, 3.8) is 0 Å². The molecule has 1 unspecified atom stereocenters. The Kier molecular flexibility index (Phi) is 2.59. The maximum absolute atomic E-state index is 13.3. The molecule has 0 aromatic carbocycles. The Morgan fingerprint density at radius 2 is 2.07 bits per heavy atom. The van der Waals surface area contributed by atoms with E-state index in [0.29, 0.717) is 4.90 Å². The maximum atomic E-state index is 13.3. The Morgan fingerprint density at radius 1 is 1.50 bits per heavy atom. The van der Waals surface area contributed by atoms with Crippen LogP contribution in [0.1, 0.15) is 6.42 Å². The van der Waals surface area contributed by atoms with Gasteiger partial charge in [-0.15, -0.1) is 0 Å². The first-order valence-corrected chi connectivity index (χ1v) is 3.87. The summed E-state index contributed by atoms with van der Waals surface area (Å²) in [6.07, 6.45) is -2.18. The number of hydrogen-bond donors (Lipinski definition) is 2. The van der Waals surface area contributed by atoms with E-state index in [1.54, 1.807) is 0 Å². The lowest BCUT2D eigenvalue weighted by Gasteiger charge is -2.16. The number of likely N-dealkylation sites (tertiary alicyclic amines) is 1. The standard InChI is InChI=1S/C7H9F2NO4/c8-2-7(9)1-4(5(11)12)10(3-7)6(13)14/h4H,1-3H2,(H,11,12)(H,13,14)/t4-,7?/m0/s1. The molecule has 0 spiro atoms. The first kappa shape index (κ1) is 10.7. The van der Waals surface area contributed by atoms with Gasteiger partial charge in [-0.3, -0.25) is 4.90 Å². The van der Waals surface area contributed by atoms with Crippen molar-refractivity contribution in [2.75, 3.05) is 13.2 Å². The molecule has 1 heterocycles. The van der Waals surface area contributed by atoms with Crippen LogP contribution in [-0.2, 0) is 4.79 Å². The van der Waals surface area contributed by atoms with E-state index >= 15 is 0 Å². The number of amides is 1. The van der Waals surface area contributed by atoms with E-state index in [-0.39, 0.29) is 0 Å². The van der Waals surface area contributed by atoms with Gasteiger partial charge in [0.2, 0.25) is 0 Å². The van der Waals surface area contributed by atoms with Gasteiger partial charge in [0.25, 0.3) is 0 Å². The van der Waals surface area contributed by atoms with Gasteiger partial charge in [0, 0.05) is 6.42 Å². The van der Waals surface area contributed by atoms with Crippen LogP contribution >= 0.6 is 0 Å². The fourth-order valence-electron chi connectivity index (χ4n) is 1.46. The minimum Gasteiger partial charge on any atom is -0.480 e. The highest BCUT2D eigenvalue weighted by atomic mass is 19.2. The van der Waals surface area contributed by atoms with E-state index in [0.717, 1.165) is 0 Å². The summed E-state index contributed by atoms with van der Waals surface area (Å²) in [5.74, 6) is -1.46. The van der Waals surface area contributed by atoms with Crippen molar-refractivity contribution in [1.29, 1.82) is 0 Å². The second-order valence-electron chi connectivity index (χ2n) is 3.25. The van der Waals surface area contributed by atoms with E-state index in [4.69, 9.17) is 10.2 Å². The van der Waals surface area contributed by atoms with Crippen LogP contribution in [0.2, 0.25) is 0 Å². The van der Waals surface area contributed by atoms with Gasteiger partial charge in [0.15, 0.2) is 5.67 Å². The molecule has 0 saturated carbocycles. The third kappa shape index (κ3) is 1.75. The lowest BCUT2D eigenvalue weighted by molar-refractivity contribution is -0.141. The molecular weight excluding hydrogens is 200 g/mol. The molecule has 0 radical (unpaired) electrons. The number of rotatable bonds is 2. The Balaban J connectivity index is 2.85. The largest absolute Gasteiger partial charge is 0.480 e. The minimum atomic E-state index is -2.36. The number of carboxylic acid groups (broad SMARTS) is 2. The van der Waals surface area contributed by atoms with Crippen LogP contribution in [0.15, 0.2) is 0 Å². The average molecular weight is 209 g/mol. The van der Waals surface area contributed by atoms with Gasteiger partial charge in [-0.1, -0.05) is 0 Å². The lowest BCUT2D eigenvalue weighted by atomic mass is 10.0. The quantitative estimate of drug-likeness (QED) is 0.694. The summed E-state index contributed by atoms with van der Waals surface area (Å²) in [5, 5.41) is 17.1. The third-order valence-corrected chi connectivity index (χ3v) is 2.16. The summed E-state index contributed by atoms with van der Waals surface area (Å²) in [5.41, 5.74) is -2.36. The average Bonchev–Trinajstić information content (AvgIpc) is 2.45. The normalized spacial score (nSPS) is 31.9. The monoisotopic (exact) mass is 209 g/mol. The Labute approximate surface area is 77.9 Å². The second-order valence-corrected chi connectivity index (χ2v) is 3.25. The van der Waals surface area contributed by atoms with Crippen LogP contribution in [0.25, 0.3) is 0 Å². The molecule has 0 aromatic rings. The molecule has 1 rings (SSSR count). The van der Waals surface area contributed by atoms with Gasteiger partial charge in [-0.05, 0) is 0 Å². The summed E-state index contributed by atoms with van der Waals surface area (Å²) >= 11 is 0. The molecule has 1 aliphatic rings. The molecule has 2 N–H and O–H groups in total. The molecule has 0 aliphatic carbocycles. The molecule has 80 valence electrons. The van der Waals surface area contributed by atoms with Crippen LogP contribution in [0.4, 0.5) is 13.6 Å². The van der Waals surface area contributed by atoms with E-state index in [1.165, 1.54) is 0 Å². The molecule has 1 fully saturated rings. The molecule has 1 amide bonds. The van der Waals surface area contributed by atoms with Crippen LogP contribution < -0.4 is 0 Å². The van der Waals surface area contributed by atoms with Crippen molar-refractivity contribution in [1.82, 2.24) is 4.90 Å². The van der Waals surface area contributed by atoms with Crippen LogP contribution in [0.5, 0.6) is 0 Å². The first-order chi connectivity index (χ1) is 6.39. The predicted molar refractivity (Wildman–Crippen MR) is 40.6 cm³/mol. The fourth-order valence-corrected chi connectivity index (χ4v) is 1.46. The van der Waals surface area contributed by atoms with E-state index in [9.17, 15) is 18.4 Å². The summed E-state index contributed by atoms with van der Waals surface area (Å²) in [6.45, 7) is -2.10. The highest BCUT2D eigenvalue weighted by Crippen LogP contribution is 2.31. The number of nitrogens with zero attached hydrogens (tertiary/aromatic N) is 1. The van der Waals surface area contributed by atoms with Gasteiger partial charge in [0.1, 0.15) is 12.7 Å². The van der Waals surface area contributed by atoms with Gasteiger partial charge < -0.3 is 10.2 Å². The van der Waals surface area contributed by atoms with Crippen LogP contribution in [-0.4, -0.2) is 52.1 Å². The zero-order chi connectivity index (χ0) is 10.9. The highest BCUT2D eigenvalue weighted by Gasteiger charge is 2.49. The zero-order valence-electron chi connectivity index (χ0n) is 7.11. The highest BCUT2D eigenvalue weighted by molar-refractivity contribution is 5.80. The zero-order valence-corrected chi connectivity index (χ0v) is 7.11. The van der Waals surface area contributed by atoms with Crippen LogP contribution in [0, 0.1) is 0 Å². The number of alkyl halides is 2. The summed E-state index contributed by atoms with van der Waals surface area (Å²) in [4.78, 5) is 21.4. The van der Waals surface area contributed by atoms with Crippen molar-refractivity contribution >= 4 is 12.1 Å². The van der Waals surface area contributed by atoms with Crippen LogP contribution in [0.3, 0.4) is 0 Å². The number of hydrogen-bond acceptors (Lipinski definition) is 2. The Bertz CT molecular complexity index is 248. The topological polar surface area (TPSA) is 77.8 Å². The molecule has 0 bridgehead atoms. The maximum Gasteiger partial charge on any atom is 0.408 e. The number of aliphatic carboxylic acids is 1. The molecular formula is C7H9F2NO4. The fraction of sp³-hybridized carbons (Fsp3) is 0.714. The molecule has 2 atom stereocenters. The van der Waals surface area contributed by atoms with Gasteiger partial charge in [-0.2, -0.15) is 0 Å². The van der Waals surface area contributed by atoms with Gasteiger partial charge in [-0.25, -0.2) is 18.4 Å². The van der Waals surface area contributed by atoms with Crippen molar-refractivity contribution in [2.24, 2.45) is 0 Å². The SMILES string of the molecule is O=C(O)[C@@H]1CC(F)(CF)CN1C(=O)O.